The molecule has 0 radical (unpaired) electrons. The van der Waals surface area contributed by atoms with Gasteiger partial charge in [0, 0.05) is 17.8 Å². The summed E-state index contributed by atoms with van der Waals surface area (Å²) in [6, 6.07) is 0.226. The smallest absolute Gasteiger partial charge is 0.410 e. The highest BCUT2D eigenvalue weighted by molar-refractivity contribution is 8.01. The number of ether oxygens (including phenoxy) is 1. The molecule has 0 bridgehead atoms. The predicted molar refractivity (Wildman–Crippen MR) is 84.0 cm³/mol. The molecule has 0 aromatic heterocycles. The van der Waals surface area contributed by atoms with Gasteiger partial charge in [0.2, 0.25) is 0 Å². The highest BCUT2D eigenvalue weighted by Crippen LogP contribution is 2.42. The fourth-order valence-electron chi connectivity index (χ4n) is 3.06. The molecule has 20 heavy (non-hydrogen) atoms. The van der Waals surface area contributed by atoms with Crippen LogP contribution in [-0.4, -0.2) is 45.8 Å². The van der Waals surface area contributed by atoms with Crippen LogP contribution in [0.3, 0.4) is 0 Å². The molecule has 2 fully saturated rings. The van der Waals surface area contributed by atoms with Crippen LogP contribution < -0.4 is 5.32 Å². The Balaban J connectivity index is 1.97. The van der Waals surface area contributed by atoms with E-state index in [1.165, 1.54) is 6.42 Å². The van der Waals surface area contributed by atoms with Gasteiger partial charge in [-0.25, -0.2) is 4.79 Å². The number of hydrogen-bond acceptors (Lipinski definition) is 4. The summed E-state index contributed by atoms with van der Waals surface area (Å²) in [5.41, 5.74) is -0.418. The minimum absolute atomic E-state index is 0.162. The number of piperidine rings is 1. The summed E-state index contributed by atoms with van der Waals surface area (Å²) in [6.07, 6.45) is 3.07. The van der Waals surface area contributed by atoms with E-state index >= 15 is 0 Å². The van der Waals surface area contributed by atoms with E-state index in [1.807, 2.05) is 25.7 Å². The highest BCUT2D eigenvalue weighted by Gasteiger charge is 2.43. The number of nitrogens with one attached hydrogen (secondary N) is 1. The summed E-state index contributed by atoms with van der Waals surface area (Å²) in [5.74, 6) is 0. The van der Waals surface area contributed by atoms with Gasteiger partial charge < -0.3 is 15.0 Å². The van der Waals surface area contributed by atoms with E-state index in [-0.39, 0.29) is 17.0 Å². The number of thioether (sulfide) groups is 1. The maximum absolute atomic E-state index is 12.2. The molecule has 2 heterocycles. The van der Waals surface area contributed by atoms with Crippen LogP contribution >= 0.6 is 11.8 Å². The molecule has 2 aliphatic heterocycles. The Morgan fingerprint density at radius 2 is 2.10 bits per heavy atom. The van der Waals surface area contributed by atoms with E-state index in [4.69, 9.17) is 4.74 Å². The van der Waals surface area contributed by atoms with E-state index < -0.39 is 5.60 Å². The molecule has 1 N–H and O–H groups in total. The molecule has 0 aromatic carbocycles. The molecule has 3 atom stereocenters. The lowest BCUT2D eigenvalue weighted by Crippen LogP contribution is -2.58. The molecule has 1 spiro atoms. The third kappa shape index (κ3) is 3.82. The van der Waals surface area contributed by atoms with Gasteiger partial charge in [-0.1, -0.05) is 6.92 Å². The second-order valence-electron chi connectivity index (χ2n) is 7.12. The number of hydrogen-bond donors (Lipinski definition) is 1. The van der Waals surface area contributed by atoms with Crippen LogP contribution in [0.15, 0.2) is 0 Å². The number of carbonyl (C=O) groups excluding carboxylic acids is 1. The Bertz CT molecular complexity index is 369. The molecule has 3 unspecified atom stereocenters. The fraction of sp³-hybridized carbons (Fsp3) is 0.933. The van der Waals surface area contributed by atoms with Gasteiger partial charge >= 0.3 is 6.09 Å². The zero-order valence-corrected chi connectivity index (χ0v) is 14.2. The minimum Gasteiger partial charge on any atom is -0.444 e. The van der Waals surface area contributed by atoms with Crippen molar-refractivity contribution in [1.29, 1.82) is 0 Å². The van der Waals surface area contributed by atoms with E-state index in [2.05, 4.69) is 30.9 Å². The first-order chi connectivity index (χ1) is 9.21. The molecule has 116 valence electrons. The van der Waals surface area contributed by atoms with Crippen molar-refractivity contribution in [3.63, 3.8) is 0 Å². The molecule has 0 aliphatic carbocycles. The quantitative estimate of drug-likeness (QED) is 0.746. The largest absolute Gasteiger partial charge is 0.444 e. The summed E-state index contributed by atoms with van der Waals surface area (Å²) in [4.78, 5) is 14.3. The van der Waals surface area contributed by atoms with E-state index in [0.717, 1.165) is 25.9 Å². The zero-order valence-electron chi connectivity index (χ0n) is 13.4. The molecule has 2 saturated heterocycles. The van der Waals surface area contributed by atoms with Crippen LogP contribution in [0.25, 0.3) is 0 Å². The molecule has 5 heteroatoms. The van der Waals surface area contributed by atoms with Crippen molar-refractivity contribution in [2.24, 2.45) is 0 Å². The summed E-state index contributed by atoms with van der Waals surface area (Å²) < 4.78 is 5.50. The summed E-state index contributed by atoms with van der Waals surface area (Å²) in [5, 5.41) is 4.39. The van der Waals surface area contributed by atoms with Crippen LogP contribution in [0.4, 0.5) is 4.79 Å². The maximum atomic E-state index is 12.2. The van der Waals surface area contributed by atoms with Crippen molar-refractivity contribution in [2.75, 3.05) is 13.1 Å². The lowest BCUT2D eigenvalue weighted by molar-refractivity contribution is 0.00758. The molecule has 2 rings (SSSR count). The highest BCUT2D eigenvalue weighted by atomic mass is 32.2. The average molecular weight is 300 g/mol. The van der Waals surface area contributed by atoms with Crippen molar-refractivity contribution < 1.29 is 9.53 Å². The first-order valence-corrected chi connectivity index (χ1v) is 8.51. The average Bonchev–Trinajstić information content (AvgIpc) is 2.25. The number of carbonyl (C=O) groups is 1. The van der Waals surface area contributed by atoms with Crippen LogP contribution in [0.1, 0.15) is 53.9 Å². The third-order valence-corrected chi connectivity index (χ3v) is 5.57. The summed E-state index contributed by atoms with van der Waals surface area (Å²) in [7, 11) is 0. The van der Waals surface area contributed by atoms with Gasteiger partial charge in [-0.3, -0.25) is 0 Å². The van der Waals surface area contributed by atoms with Crippen molar-refractivity contribution in [3.05, 3.63) is 0 Å². The van der Waals surface area contributed by atoms with Crippen molar-refractivity contribution >= 4 is 17.9 Å². The van der Waals surface area contributed by atoms with Crippen LogP contribution in [0.5, 0.6) is 0 Å². The SMILES string of the molecule is CC1CCNC2(CCN(C(=O)OC(C)(C)C)C(C)C2)S1. The van der Waals surface area contributed by atoms with E-state index in [0.29, 0.717) is 5.25 Å². The molecule has 0 aromatic rings. The Hall–Kier alpha value is -0.420. The Morgan fingerprint density at radius 1 is 1.40 bits per heavy atom. The second-order valence-corrected chi connectivity index (χ2v) is 8.94. The summed E-state index contributed by atoms with van der Waals surface area (Å²) in [6.45, 7) is 12.1. The van der Waals surface area contributed by atoms with Gasteiger partial charge in [0.1, 0.15) is 5.60 Å². The molecular weight excluding hydrogens is 272 g/mol. The van der Waals surface area contributed by atoms with E-state index in [1.54, 1.807) is 0 Å². The standard InChI is InChI=1S/C15H28N2O2S/c1-11-10-15(16-8-6-12(2)20-15)7-9-17(11)13(18)19-14(3,4)5/h11-12,16H,6-10H2,1-5H3. The maximum Gasteiger partial charge on any atom is 0.410 e. The first kappa shape index (κ1) is 16.0. The van der Waals surface area contributed by atoms with Gasteiger partial charge in [0.25, 0.3) is 0 Å². The van der Waals surface area contributed by atoms with Gasteiger partial charge in [-0.2, -0.15) is 0 Å². The Labute approximate surface area is 127 Å². The van der Waals surface area contributed by atoms with Gasteiger partial charge in [-0.05, 0) is 53.5 Å². The van der Waals surface area contributed by atoms with Gasteiger partial charge in [0.05, 0.1) is 4.87 Å². The number of likely N-dealkylation sites (tertiary alicyclic amines) is 1. The lowest BCUT2D eigenvalue weighted by atomic mass is 9.97. The Kier molecular flexibility index (Phi) is 4.59. The topological polar surface area (TPSA) is 41.6 Å². The van der Waals surface area contributed by atoms with Crippen molar-refractivity contribution in [3.8, 4) is 0 Å². The van der Waals surface area contributed by atoms with Gasteiger partial charge in [-0.15, -0.1) is 11.8 Å². The fourth-order valence-corrected chi connectivity index (χ4v) is 4.80. The van der Waals surface area contributed by atoms with Crippen LogP contribution in [-0.2, 0) is 4.74 Å². The predicted octanol–water partition coefficient (Wildman–Crippen LogP) is 3.22. The van der Waals surface area contributed by atoms with Crippen LogP contribution in [0, 0.1) is 0 Å². The normalized spacial score (nSPS) is 35.1. The monoisotopic (exact) mass is 300 g/mol. The van der Waals surface area contributed by atoms with Crippen molar-refractivity contribution in [1.82, 2.24) is 10.2 Å². The van der Waals surface area contributed by atoms with Gasteiger partial charge in [0.15, 0.2) is 0 Å². The minimum atomic E-state index is -0.418. The van der Waals surface area contributed by atoms with Crippen LogP contribution in [0.2, 0.25) is 0 Å². The third-order valence-electron chi connectivity index (χ3n) is 3.97. The first-order valence-electron chi connectivity index (χ1n) is 7.63. The number of rotatable bonds is 0. The molecule has 2 aliphatic rings. The summed E-state index contributed by atoms with van der Waals surface area (Å²) >= 11 is 2.05. The van der Waals surface area contributed by atoms with E-state index in [9.17, 15) is 4.79 Å². The molecule has 1 amide bonds. The molecule has 4 nitrogen and oxygen atoms in total. The second kappa shape index (κ2) is 5.76. The number of amides is 1. The molecular formula is C15H28N2O2S. The van der Waals surface area contributed by atoms with Crippen molar-refractivity contribution in [2.45, 2.75) is 75.6 Å². The number of nitrogens with zero attached hydrogens (tertiary/aromatic N) is 1. The molecule has 0 saturated carbocycles. The zero-order chi connectivity index (χ0) is 15.0. The lowest BCUT2D eigenvalue weighted by Gasteiger charge is -2.48. The Morgan fingerprint density at radius 3 is 2.65 bits per heavy atom.